The van der Waals surface area contributed by atoms with Crippen molar-refractivity contribution in [2.75, 3.05) is 13.7 Å². The first-order valence-corrected chi connectivity index (χ1v) is 8.43. The number of ether oxygens (including phenoxy) is 2. The molecule has 0 aliphatic carbocycles. The highest BCUT2D eigenvalue weighted by atomic mass is 16.6. The Bertz CT molecular complexity index is 564. The van der Waals surface area contributed by atoms with Gasteiger partial charge in [0.25, 0.3) is 0 Å². The summed E-state index contributed by atoms with van der Waals surface area (Å²) in [6, 6.07) is 9.42. The molecule has 24 heavy (non-hydrogen) atoms. The van der Waals surface area contributed by atoms with Gasteiger partial charge in [-0.3, -0.25) is 4.90 Å². The van der Waals surface area contributed by atoms with Gasteiger partial charge >= 0.3 is 12.1 Å². The maximum Gasteiger partial charge on any atom is 0.411 e. The second-order valence-corrected chi connectivity index (χ2v) is 7.23. The Kier molecular flexibility index (Phi) is 5.86. The zero-order valence-electron chi connectivity index (χ0n) is 15.0. The predicted octanol–water partition coefficient (Wildman–Crippen LogP) is 3.42. The number of amides is 1. The van der Waals surface area contributed by atoms with Gasteiger partial charge in [-0.15, -0.1) is 0 Å². The Labute approximate surface area is 143 Å². The van der Waals surface area contributed by atoms with E-state index in [9.17, 15) is 9.59 Å². The number of nitrogens with zero attached hydrogens (tertiary/aromatic N) is 1. The van der Waals surface area contributed by atoms with Gasteiger partial charge in [0.2, 0.25) is 0 Å². The fourth-order valence-electron chi connectivity index (χ4n) is 3.17. The molecule has 1 aromatic carbocycles. The highest BCUT2D eigenvalue weighted by Gasteiger charge is 2.41. The highest BCUT2D eigenvalue weighted by molar-refractivity contribution is 5.82. The summed E-state index contributed by atoms with van der Waals surface area (Å²) < 4.78 is 10.5. The lowest BCUT2D eigenvalue weighted by Crippen LogP contribution is -2.54. The molecule has 0 N–H and O–H groups in total. The van der Waals surface area contributed by atoms with Crippen LogP contribution in [0.25, 0.3) is 0 Å². The number of hydrogen-bond acceptors (Lipinski definition) is 4. The van der Waals surface area contributed by atoms with Crippen LogP contribution in [0.1, 0.15) is 39.2 Å². The molecule has 0 saturated carbocycles. The van der Waals surface area contributed by atoms with E-state index in [-0.39, 0.29) is 11.9 Å². The van der Waals surface area contributed by atoms with Crippen molar-refractivity contribution < 1.29 is 19.1 Å². The van der Waals surface area contributed by atoms with Crippen LogP contribution in [0.5, 0.6) is 0 Å². The summed E-state index contributed by atoms with van der Waals surface area (Å²) in [5, 5.41) is 0. The SMILES string of the molecule is COC(=O)[C@@H]1[C@H](Cc2ccccc2)CCCN1C(=O)OC(C)(C)C. The Balaban J connectivity index is 2.20. The standard InChI is InChI=1S/C19H27NO4/c1-19(2,3)24-18(22)20-12-8-11-15(16(20)17(21)23-4)13-14-9-6-5-7-10-14/h5-7,9-10,15-16H,8,11-13H2,1-4H3/t15-,16-/m0/s1. The Morgan fingerprint density at radius 1 is 1.21 bits per heavy atom. The molecule has 0 radical (unpaired) electrons. The predicted molar refractivity (Wildman–Crippen MR) is 91.6 cm³/mol. The van der Waals surface area contributed by atoms with E-state index >= 15 is 0 Å². The van der Waals surface area contributed by atoms with Crippen molar-refractivity contribution in [1.29, 1.82) is 0 Å². The molecule has 2 rings (SSSR count). The lowest BCUT2D eigenvalue weighted by Gasteiger charge is -2.40. The second-order valence-electron chi connectivity index (χ2n) is 7.23. The summed E-state index contributed by atoms with van der Waals surface area (Å²) in [6.07, 6.45) is 2.02. The van der Waals surface area contributed by atoms with Gasteiger partial charge in [0.05, 0.1) is 7.11 Å². The van der Waals surface area contributed by atoms with E-state index in [0.29, 0.717) is 6.54 Å². The number of esters is 1. The van der Waals surface area contributed by atoms with Gasteiger partial charge in [0, 0.05) is 6.54 Å². The number of carbonyl (C=O) groups is 2. The van der Waals surface area contributed by atoms with Crippen molar-refractivity contribution in [2.45, 2.75) is 51.7 Å². The summed E-state index contributed by atoms with van der Waals surface area (Å²) >= 11 is 0. The molecule has 132 valence electrons. The monoisotopic (exact) mass is 333 g/mol. The lowest BCUT2D eigenvalue weighted by molar-refractivity contribution is -0.150. The highest BCUT2D eigenvalue weighted by Crippen LogP contribution is 2.29. The van der Waals surface area contributed by atoms with Gasteiger partial charge in [-0.1, -0.05) is 30.3 Å². The van der Waals surface area contributed by atoms with E-state index < -0.39 is 17.7 Å². The van der Waals surface area contributed by atoms with Gasteiger partial charge in [-0.2, -0.15) is 0 Å². The first-order chi connectivity index (χ1) is 11.3. The van der Waals surface area contributed by atoms with Crippen molar-refractivity contribution in [3.63, 3.8) is 0 Å². The van der Waals surface area contributed by atoms with Crippen LogP contribution in [0, 0.1) is 5.92 Å². The summed E-state index contributed by atoms with van der Waals surface area (Å²) in [5.41, 5.74) is 0.562. The van der Waals surface area contributed by atoms with Crippen molar-refractivity contribution in [1.82, 2.24) is 4.90 Å². The Morgan fingerprint density at radius 2 is 1.88 bits per heavy atom. The van der Waals surface area contributed by atoms with Crippen LogP contribution in [0.4, 0.5) is 4.79 Å². The summed E-state index contributed by atoms with van der Waals surface area (Å²) in [4.78, 5) is 26.5. The molecule has 5 nitrogen and oxygen atoms in total. The first-order valence-electron chi connectivity index (χ1n) is 8.43. The average molecular weight is 333 g/mol. The molecular formula is C19H27NO4. The number of benzene rings is 1. The largest absolute Gasteiger partial charge is 0.467 e. The van der Waals surface area contributed by atoms with Gasteiger partial charge in [-0.05, 0) is 51.5 Å². The maximum atomic E-state index is 12.5. The Morgan fingerprint density at radius 3 is 2.46 bits per heavy atom. The number of piperidine rings is 1. The molecule has 1 amide bonds. The average Bonchev–Trinajstić information content (AvgIpc) is 2.53. The van der Waals surface area contributed by atoms with Crippen LogP contribution in [-0.4, -0.2) is 42.3 Å². The number of likely N-dealkylation sites (tertiary alicyclic amines) is 1. The molecule has 1 fully saturated rings. The minimum absolute atomic E-state index is 0.0288. The molecule has 0 spiro atoms. The van der Waals surface area contributed by atoms with Crippen molar-refractivity contribution in [3.05, 3.63) is 35.9 Å². The van der Waals surface area contributed by atoms with Crippen LogP contribution in [-0.2, 0) is 20.7 Å². The Hall–Kier alpha value is -2.04. The quantitative estimate of drug-likeness (QED) is 0.795. The molecule has 1 heterocycles. The van der Waals surface area contributed by atoms with Gasteiger partial charge < -0.3 is 9.47 Å². The summed E-state index contributed by atoms with van der Waals surface area (Å²) in [5.74, 6) is -0.345. The molecule has 1 aliphatic rings. The molecule has 0 bridgehead atoms. The van der Waals surface area contributed by atoms with Crippen LogP contribution in [0.15, 0.2) is 30.3 Å². The molecule has 2 atom stereocenters. The van der Waals surface area contributed by atoms with Gasteiger partial charge in [-0.25, -0.2) is 9.59 Å². The fraction of sp³-hybridized carbons (Fsp3) is 0.579. The zero-order valence-corrected chi connectivity index (χ0v) is 15.0. The van der Waals surface area contributed by atoms with Gasteiger partial charge in [0.1, 0.15) is 11.6 Å². The minimum atomic E-state index is -0.598. The molecule has 1 aliphatic heterocycles. The van der Waals surface area contributed by atoms with Crippen LogP contribution < -0.4 is 0 Å². The van der Waals surface area contributed by atoms with E-state index in [1.165, 1.54) is 12.0 Å². The van der Waals surface area contributed by atoms with E-state index in [1.807, 2.05) is 51.1 Å². The zero-order chi connectivity index (χ0) is 17.7. The summed E-state index contributed by atoms with van der Waals surface area (Å²) in [7, 11) is 1.36. The molecular weight excluding hydrogens is 306 g/mol. The molecule has 1 aromatic rings. The number of rotatable bonds is 3. The first kappa shape index (κ1) is 18.3. The van der Waals surface area contributed by atoms with Gasteiger partial charge in [0.15, 0.2) is 0 Å². The molecule has 5 heteroatoms. The van der Waals surface area contributed by atoms with Crippen molar-refractivity contribution >= 4 is 12.1 Å². The third-order valence-corrected chi connectivity index (χ3v) is 4.17. The van der Waals surface area contributed by atoms with Crippen LogP contribution in [0.3, 0.4) is 0 Å². The fourth-order valence-corrected chi connectivity index (χ4v) is 3.17. The van der Waals surface area contributed by atoms with E-state index in [0.717, 1.165) is 24.8 Å². The normalized spacial score (nSPS) is 21.2. The molecule has 0 unspecified atom stereocenters. The number of carbonyl (C=O) groups excluding carboxylic acids is 2. The van der Waals surface area contributed by atoms with Crippen LogP contribution in [0.2, 0.25) is 0 Å². The lowest BCUT2D eigenvalue weighted by atomic mass is 9.84. The third kappa shape index (κ3) is 4.73. The van der Waals surface area contributed by atoms with Crippen LogP contribution >= 0.6 is 0 Å². The minimum Gasteiger partial charge on any atom is -0.467 e. The van der Waals surface area contributed by atoms with Crippen molar-refractivity contribution in [3.8, 4) is 0 Å². The number of methoxy groups -OCH3 is 1. The number of hydrogen-bond donors (Lipinski definition) is 0. The third-order valence-electron chi connectivity index (χ3n) is 4.17. The molecule has 1 saturated heterocycles. The smallest absolute Gasteiger partial charge is 0.411 e. The molecule has 0 aromatic heterocycles. The summed E-state index contributed by atoms with van der Waals surface area (Å²) in [6.45, 7) is 5.98. The second kappa shape index (κ2) is 7.69. The van der Waals surface area contributed by atoms with E-state index in [1.54, 1.807) is 0 Å². The van der Waals surface area contributed by atoms with E-state index in [2.05, 4.69) is 0 Å². The van der Waals surface area contributed by atoms with E-state index in [4.69, 9.17) is 9.47 Å². The topological polar surface area (TPSA) is 55.8 Å². The maximum absolute atomic E-state index is 12.5. The van der Waals surface area contributed by atoms with Crippen molar-refractivity contribution in [2.24, 2.45) is 5.92 Å².